The van der Waals surface area contributed by atoms with Crippen LogP contribution in [0.3, 0.4) is 0 Å². The number of hydrogen-bond donors (Lipinski definition) is 2. The summed E-state index contributed by atoms with van der Waals surface area (Å²) in [6.45, 7) is 0.513. The van der Waals surface area contributed by atoms with E-state index >= 15 is 0 Å². The molecule has 0 saturated heterocycles. The lowest BCUT2D eigenvalue weighted by atomic mass is 10.4. The van der Waals surface area contributed by atoms with Crippen LogP contribution >= 0.6 is 0 Å². The number of hydrogen-bond acceptors (Lipinski definition) is 4. The van der Waals surface area contributed by atoms with Gasteiger partial charge in [-0.2, -0.15) is 0 Å². The summed E-state index contributed by atoms with van der Waals surface area (Å²) in [6.07, 6.45) is 3.49. The number of nitrogens with zero attached hydrogens (tertiary/aromatic N) is 2. The molecule has 6 heteroatoms. The van der Waals surface area contributed by atoms with Crippen molar-refractivity contribution >= 4 is 11.6 Å². The van der Waals surface area contributed by atoms with Crippen LogP contribution in [0.25, 0.3) is 5.65 Å². The molecule has 2 aromatic heterocycles. The first kappa shape index (κ1) is 11.4. The normalized spacial score (nSPS) is 10.6. The van der Waals surface area contributed by atoms with E-state index in [4.69, 9.17) is 15.6 Å². The number of imidazole rings is 1. The highest BCUT2D eigenvalue weighted by molar-refractivity contribution is 5.66. The molecule has 0 unspecified atom stereocenters. The van der Waals surface area contributed by atoms with E-state index in [1.807, 2.05) is 16.7 Å². The van der Waals surface area contributed by atoms with E-state index < -0.39 is 5.97 Å². The van der Waals surface area contributed by atoms with Gasteiger partial charge in [0.05, 0.1) is 24.9 Å². The maximum atomic E-state index is 10.4. The van der Waals surface area contributed by atoms with E-state index in [0.29, 0.717) is 17.9 Å². The Morgan fingerprint density at radius 3 is 3.12 bits per heavy atom. The van der Waals surface area contributed by atoms with Crippen LogP contribution in [-0.4, -0.2) is 27.1 Å². The van der Waals surface area contributed by atoms with Crippen molar-refractivity contribution < 1.29 is 14.6 Å². The Bertz CT molecular complexity index is 536. The van der Waals surface area contributed by atoms with Crippen LogP contribution in [0.4, 0.5) is 0 Å². The van der Waals surface area contributed by atoms with Crippen LogP contribution in [-0.2, 0) is 11.3 Å². The smallest absolute Gasteiger partial charge is 0.306 e. The van der Waals surface area contributed by atoms with Crippen molar-refractivity contribution in [1.29, 1.82) is 0 Å². The minimum absolute atomic E-state index is 0.0362. The van der Waals surface area contributed by atoms with Crippen molar-refractivity contribution in [2.45, 2.75) is 13.0 Å². The van der Waals surface area contributed by atoms with Crippen molar-refractivity contribution in [2.75, 3.05) is 6.61 Å². The molecule has 2 aromatic rings. The highest BCUT2D eigenvalue weighted by Gasteiger charge is 2.07. The highest BCUT2D eigenvalue weighted by atomic mass is 16.5. The molecule has 0 aliphatic heterocycles. The van der Waals surface area contributed by atoms with Gasteiger partial charge in [0.2, 0.25) is 0 Å². The van der Waals surface area contributed by atoms with Crippen LogP contribution < -0.4 is 10.5 Å². The highest BCUT2D eigenvalue weighted by Crippen LogP contribution is 2.19. The van der Waals surface area contributed by atoms with Gasteiger partial charge in [0.25, 0.3) is 0 Å². The average Bonchev–Trinajstić information content (AvgIpc) is 2.72. The van der Waals surface area contributed by atoms with Gasteiger partial charge in [-0.05, 0) is 12.1 Å². The van der Waals surface area contributed by atoms with E-state index in [9.17, 15) is 4.79 Å². The molecule has 90 valence electrons. The Balaban J connectivity index is 2.22. The summed E-state index contributed by atoms with van der Waals surface area (Å²) in [5.41, 5.74) is 7.10. The summed E-state index contributed by atoms with van der Waals surface area (Å²) in [5.74, 6) is -0.323. The molecule has 0 spiro atoms. The van der Waals surface area contributed by atoms with Crippen LogP contribution in [0, 0.1) is 0 Å². The second-order valence-electron chi connectivity index (χ2n) is 3.51. The Hall–Kier alpha value is -2.08. The molecular weight excluding hydrogens is 222 g/mol. The summed E-state index contributed by atoms with van der Waals surface area (Å²) < 4.78 is 7.21. The van der Waals surface area contributed by atoms with Crippen molar-refractivity contribution in [2.24, 2.45) is 5.73 Å². The molecule has 0 atom stereocenters. The van der Waals surface area contributed by atoms with Crippen molar-refractivity contribution in [1.82, 2.24) is 9.38 Å². The minimum atomic E-state index is -0.886. The number of carboxylic acids is 1. The number of aromatic nitrogens is 2. The topological polar surface area (TPSA) is 89.9 Å². The van der Waals surface area contributed by atoms with Crippen molar-refractivity contribution in [3.05, 3.63) is 30.2 Å². The molecular formula is C11H13N3O3. The fourth-order valence-corrected chi connectivity index (χ4v) is 1.55. The monoisotopic (exact) mass is 235 g/mol. The Labute approximate surface area is 97.6 Å². The third-order valence-corrected chi connectivity index (χ3v) is 2.36. The summed E-state index contributed by atoms with van der Waals surface area (Å²) in [4.78, 5) is 14.6. The Morgan fingerprint density at radius 2 is 2.41 bits per heavy atom. The molecule has 0 saturated carbocycles. The molecule has 2 heterocycles. The van der Waals surface area contributed by atoms with Gasteiger partial charge in [-0.25, -0.2) is 4.98 Å². The van der Waals surface area contributed by atoms with Gasteiger partial charge in [-0.1, -0.05) is 0 Å². The van der Waals surface area contributed by atoms with E-state index in [0.717, 1.165) is 5.69 Å². The first-order valence-corrected chi connectivity index (χ1v) is 5.22. The number of pyridine rings is 1. The maximum absolute atomic E-state index is 10.4. The second kappa shape index (κ2) is 4.84. The predicted molar refractivity (Wildman–Crippen MR) is 60.8 cm³/mol. The zero-order valence-corrected chi connectivity index (χ0v) is 9.17. The summed E-state index contributed by atoms with van der Waals surface area (Å²) >= 11 is 0. The molecule has 0 bridgehead atoms. The summed E-state index contributed by atoms with van der Waals surface area (Å²) in [5, 5.41) is 8.53. The molecule has 0 aromatic carbocycles. The van der Waals surface area contributed by atoms with Gasteiger partial charge in [-0.3, -0.25) is 9.20 Å². The number of ether oxygens (including phenoxy) is 1. The number of aliphatic carboxylic acids is 1. The standard InChI is InChI=1S/C11H13N3O3/c12-6-8-7-13-11-9(2-1-4-14(8)11)17-5-3-10(15)16/h1-2,4,7H,3,5-6,12H2,(H,15,16). The van der Waals surface area contributed by atoms with E-state index in [1.54, 1.807) is 12.3 Å². The molecule has 17 heavy (non-hydrogen) atoms. The van der Waals surface area contributed by atoms with Gasteiger partial charge < -0.3 is 15.6 Å². The molecule has 0 aliphatic rings. The number of carboxylic acid groups (broad SMARTS) is 1. The molecule has 0 radical (unpaired) electrons. The van der Waals surface area contributed by atoms with Crippen molar-refractivity contribution in [3.63, 3.8) is 0 Å². The number of rotatable bonds is 5. The predicted octanol–water partition coefficient (Wildman–Crippen LogP) is 0.646. The largest absolute Gasteiger partial charge is 0.489 e. The third kappa shape index (κ3) is 2.36. The van der Waals surface area contributed by atoms with E-state index in [1.165, 1.54) is 0 Å². The first-order chi connectivity index (χ1) is 8.22. The summed E-state index contributed by atoms with van der Waals surface area (Å²) in [7, 11) is 0. The first-order valence-electron chi connectivity index (χ1n) is 5.22. The number of fused-ring (bicyclic) bond motifs is 1. The van der Waals surface area contributed by atoms with E-state index in [2.05, 4.69) is 4.98 Å². The molecule has 0 aliphatic carbocycles. The Kier molecular flexibility index (Phi) is 3.24. The van der Waals surface area contributed by atoms with Crippen LogP contribution in [0.5, 0.6) is 5.75 Å². The fraction of sp³-hybridized carbons (Fsp3) is 0.273. The molecule has 6 nitrogen and oxygen atoms in total. The van der Waals surface area contributed by atoms with E-state index in [-0.39, 0.29) is 13.0 Å². The lowest BCUT2D eigenvalue weighted by molar-refractivity contribution is -0.137. The van der Waals surface area contributed by atoms with Gasteiger partial charge >= 0.3 is 5.97 Å². The maximum Gasteiger partial charge on any atom is 0.306 e. The fourth-order valence-electron chi connectivity index (χ4n) is 1.55. The van der Waals surface area contributed by atoms with Gasteiger partial charge in [0.1, 0.15) is 0 Å². The minimum Gasteiger partial charge on any atom is -0.489 e. The number of nitrogens with two attached hydrogens (primary N) is 1. The quantitative estimate of drug-likeness (QED) is 0.794. The second-order valence-corrected chi connectivity index (χ2v) is 3.51. The molecule has 0 fully saturated rings. The molecule has 0 amide bonds. The Morgan fingerprint density at radius 1 is 1.59 bits per heavy atom. The zero-order chi connectivity index (χ0) is 12.3. The lowest BCUT2D eigenvalue weighted by Crippen LogP contribution is -2.06. The van der Waals surface area contributed by atoms with Crippen LogP contribution in [0.1, 0.15) is 12.1 Å². The number of carbonyl (C=O) groups is 1. The van der Waals surface area contributed by atoms with Crippen molar-refractivity contribution in [3.8, 4) is 5.75 Å². The third-order valence-electron chi connectivity index (χ3n) is 2.36. The van der Waals surface area contributed by atoms with Crippen LogP contribution in [0.2, 0.25) is 0 Å². The van der Waals surface area contributed by atoms with Crippen LogP contribution in [0.15, 0.2) is 24.5 Å². The summed E-state index contributed by atoms with van der Waals surface area (Å²) in [6, 6.07) is 3.56. The van der Waals surface area contributed by atoms with Gasteiger partial charge in [0.15, 0.2) is 11.4 Å². The zero-order valence-electron chi connectivity index (χ0n) is 9.17. The molecule has 3 N–H and O–H groups in total. The van der Waals surface area contributed by atoms with Gasteiger partial charge in [0, 0.05) is 12.7 Å². The van der Waals surface area contributed by atoms with Gasteiger partial charge in [-0.15, -0.1) is 0 Å². The average molecular weight is 235 g/mol. The SMILES string of the molecule is NCc1cnc2c(OCCC(=O)O)cccn12. The lowest BCUT2D eigenvalue weighted by Gasteiger charge is -2.06. The molecule has 2 rings (SSSR count).